The van der Waals surface area contributed by atoms with Crippen molar-refractivity contribution in [2.45, 2.75) is 0 Å². The quantitative estimate of drug-likeness (QED) is 0.156. The van der Waals surface area contributed by atoms with Crippen LogP contribution in [0.1, 0.15) is 0 Å². The molecule has 0 N–H and O–H groups in total. The van der Waals surface area contributed by atoms with Gasteiger partial charge in [-0.05, 0) is 95.1 Å². The maximum absolute atomic E-state index is 6.24. The van der Waals surface area contributed by atoms with Gasteiger partial charge in [-0.25, -0.2) is 15.0 Å². The second-order valence-electron chi connectivity index (χ2n) is 16.2. The van der Waals surface area contributed by atoms with Crippen molar-refractivity contribution in [2.75, 3.05) is 0 Å². The Balaban J connectivity index is 0.972. The molecule has 6 heteroatoms. The second-order valence-corrected chi connectivity index (χ2v) is 16.2. The van der Waals surface area contributed by atoms with Gasteiger partial charge >= 0.3 is 0 Å². The van der Waals surface area contributed by atoms with Crippen molar-refractivity contribution < 1.29 is 8.83 Å². The molecule has 0 amide bonds. The molecule has 64 heavy (non-hydrogen) atoms. The van der Waals surface area contributed by atoms with Gasteiger partial charge in [0.15, 0.2) is 5.82 Å². The van der Waals surface area contributed by atoms with Crippen LogP contribution in [0.2, 0.25) is 0 Å². The molecule has 0 fully saturated rings. The Kier molecular flexibility index (Phi) is 8.11. The zero-order chi connectivity index (χ0) is 42.1. The van der Waals surface area contributed by atoms with E-state index in [-0.39, 0.29) is 0 Å². The summed E-state index contributed by atoms with van der Waals surface area (Å²) in [5, 5.41) is 6.45. The topological polar surface area (TPSA) is 77.8 Å². The molecule has 0 spiro atoms. The average molecular weight is 819 g/mol. The third kappa shape index (κ3) is 6.11. The Morgan fingerprint density at radius 2 is 0.781 bits per heavy atom. The van der Waals surface area contributed by atoms with E-state index in [1.807, 2.05) is 54.7 Å². The number of fused-ring (bicyclic) bond motifs is 9. The summed E-state index contributed by atoms with van der Waals surface area (Å²) in [4.78, 5) is 20.4. The number of rotatable bonds is 6. The van der Waals surface area contributed by atoms with Crippen LogP contribution in [-0.2, 0) is 0 Å². The molecule has 0 bridgehead atoms. The fourth-order valence-corrected chi connectivity index (χ4v) is 9.08. The van der Waals surface area contributed by atoms with Gasteiger partial charge in [-0.15, -0.1) is 0 Å². The lowest BCUT2D eigenvalue weighted by atomic mass is 9.94. The fraction of sp³-hybridized carbons (Fsp3) is 0. The van der Waals surface area contributed by atoms with Crippen LogP contribution in [0.3, 0.4) is 0 Å². The van der Waals surface area contributed by atoms with Gasteiger partial charge in [0.25, 0.3) is 0 Å². The number of nitrogens with zero attached hydrogens (tertiary/aromatic N) is 4. The lowest BCUT2D eigenvalue weighted by Crippen LogP contribution is -1.97. The van der Waals surface area contributed by atoms with Crippen molar-refractivity contribution in [3.05, 3.63) is 206 Å². The van der Waals surface area contributed by atoms with Crippen LogP contribution in [0.15, 0.2) is 215 Å². The molecule has 13 rings (SSSR count). The van der Waals surface area contributed by atoms with E-state index >= 15 is 0 Å². The molecule has 0 radical (unpaired) electrons. The highest BCUT2D eigenvalue weighted by Crippen LogP contribution is 2.39. The largest absolute Gasteiger partial charge is 0.456 e. The van der Waals surface area contributed by atoms with Gasteiger partial charge in [-0.1, -0.05) is 127 Å². The van der Waals surface area contributed by atoms with Gasteiger partial charge in [-0.2, -0.15) is 0 Å². The second kappa shape index (κ2) is 14.4. The normalized spacial score (nSPS) is 11.8. The van der Waals surface area contributed by atoms with Crippen molar-refractivity contribution in [3.8, 4) is 67.4 Å². The predicted molar refractivity (Wildman–Crippen MR) is 260 cm³/mol. The van der Waals surface area contributed by atoms with Gasteiger partial charge in [0, 0.05) is 60.8 Å². The molecule has 0 aliphatic heterocycles. The predicted octanol–water partition coefficient (Wildman–Crippen LogP) is 15.4. The Hall–Kier alpha value is -8.74. The standard InChI is InChI=1S/C58H34N4O2/c1-2-9-35(10-3-1)50-34-51(37-18-16-36(17-19-37)49-25-22-39-21-20-38-11-8-28-59-56(38)57(39)60-49)62-58(61-50)44-30-42(40-23-26-54-47(32-40)45-12-4-6-14-52(45)63-54)29-43(31-44)41-24-27-55-48(33-41)46-13-5-7-15-53(46)64-55/h1-34H. The maximum Gasteiger partial charge on any atom is 0.160 e. The smallest absolute Gasteiger partial charge is 0.160 e. The molecule has 0 aliphatic carbocycles. The summed E-state index contributed by atoms with van der Waals surface area (Å²) in [6.45, 7) is 0. The summed E-state index contributed by atoms with van der Waals surface area (Å²) in [6, 6.07) is 69.3. The maximum atomic E-state index is 6.24. The highest BCUT2D eigenvalue weighted by Gasteiger charge is 2.17. The summed E-state index contributed by atoms with van der Waals surface area (Å²) < 4.78 is 12.5. The average Bonchev–Trinajstić information content (AvgIpc) is 3.94. The van der Waals surface area contributed by atoms with Gasteiger partial charge in [-0.3, -0.25) is 4.98 Å². The minimum atomic E-state index is 0.629. The zero-order valence-corrected chi connectivity index (χ0v) is 34.2. The van der Waals surface area contributed by atoms with Gasteiger partial charge in [0.2, 0.25) is 0 Å². The summed E-state index contributed by atoms with van der Waals surface area (Å²) in [7, 11) is 0. The molecular weight excluding hydrogens is 785 g/mol. The number of furan rings is 2. The SMILES string of the molecule is c1ccc(-c2cc(-c3ccc(-c4ccc5ccc6cccnc6c5n4)cc3)nc(-c3cc(-c4ccc5oc6ccccc6c5c4)cc(-c4ccc5oc6ccccc6c5c4)c3)n2)cc1. The van der Waals surface area contributed by atoms with E-state index in [1.165, 1.54) is 0 Å². The molecular formula is C58H34N4O2. The van der Waals surface area contributed by atoms with E-state index in [0.29, 0.717) is 5.82 Å². The van der Waals surface area contributed by atoms with Crippen molar-refractivity contribution >= 4 is 65.7 Å². The lowest BCUT2D eigenvalue weighted by molar-refractivity contribution is 0.668. The first-order valence-corrected chi connectivity index (χ1v) is 21.3. The van der Waals surface area contributed by atoms with Crippen LogP contribution in [-0.4, -0.2) is 19.9 Å². The van der Waals surface area contributed by atoms with Gasteiger partial charge < -0.3 is 8.83 Å². The lowest BCUT2D eigenvalue weighted by Gasteiger charge is -2.13. The number of para-hydroxylation sites is 2. The molecule has 5 heterocycles. The Labute approximate surface area is 366 Å². The van der Waals surface area contributed by atoms with E-state index in [2.05, 4.69) is 157 Å². The molecule has 5 aromatic heterocycles. The molecule has 0 saturated heterocycles. The van der Waals surface area contributed by atoms with Crippen LogP contribution in [0.25, 0.3) is 133 Å². The van der Waals surface area contributed by atoms with Crippen molar-refractivity contribution in [1.82, 2.24) is 19.9 Å². The van der Waals surface area contributed by atoms with Crippen molar-refractivity contribution in [1.29, 1.82) is 0 Å². The molecule has 0 saturated carbocycles. The third-order valence-electron chi connectivity index (χ3n) is 12.3. The fourth-order valence-electron chi connectivity index (χ4n) is 9.08. The minimum Gasteiger partial charge on any atom is -0.456 e. The molecule has 6 nitrogen and oxygen atoms in total. The van der Waals surface area contributed by atoms with Crippen molar-refractivity contribution in [3.63, 3.8) is 0 Å². The van der Waals surface area contributed by atoms with Gasteiger partial charge in [0.1, 0.15) is 22.3 Å². The first-order chi connectivity index (χ1) is 31.6. The van der Waals surface area contributed by atoms with Crippen LogP contribution < -0.4 is 0 Å². The number of hydrogen-bond donors (Lipinski definition) is 0. The monoisotopic (exact) mass is 818 g/mol. The van der Waals surface area contributed by atoms with E-state index in [4.69, 9.17) is 23.8 Å². The van der Waals surface area contributed by atoms with Crippen LogP contribution in [0.5, 0.6) is 0 Å². The van der Waals surface area contributed by atoms with Crippen LogP contribution in [0.4, 0.5) is 0 Å². The molecule has 298 valence electrons. The molecule has 0 aliphatic rings. The minimum absolute atomic E-state index is 0.629. The van der Waals surface area contributed by atoms with Crippen molar-refractivity contribution in [2.24, 2.45) is 0 Å². The highest BCUT2D eigenvalue weighted by molar-refractivity contribution is 6.08. The molecule has 0 unspecified atom stereocenters. The summed E-state index contributed by atoms with van der Waals surface area (Å²) in [5.41, 5.74) is 15.9. The first-order valence-electron chi connectivity index (χ1n) is 21.3. The number of pyridine rings is 2. The van der Waals surface area contributed by atoms with E-state index in [0.717, 1.165) is 127 Å². The van der Waals surface area contributed by atoms with Crippen LogP contribution in [0, 0.1) is 0 Å². The van der Waals surface area contributed by atoms with E-state index in [1.54, 1.807) is 0 Å². The summed E-state index contributed by atoms with van der Waals surface area (Å²) >= 11 is 0. The van der Waals surface area contributed by atoms with Gasteiger partial charge in [0.05, 0.1) is 28.1 Å². The Bertz CT molecular complexity index is 3830. The van der Waals surface area contributed by atoms with E-state index in [9.17, 15) is 0 Å². The Morgan fingerprint density at radius 1 is 0.281 bits per heavy atom. The highest BCUT2D eigenvalue weighted by atomic mass is 16.3. The molecule has 0 atom stereocenters. The molecule has 13 aromatic rings. The molecule has 8 aromatic carbocycles. The Morgan fingerprint density at radius 3 is 1.42 bits per heavy atom. The number of hydrogen-bond acceptors (Lipinski definition) is 6. The van der Waals surface area contributed by atoms with Crippen LogP contribution >= 0.6 is 0 Å². The zero-order valence-electron chi connectivity index (χ0n) is 34.2. The van der Waals surface area contributed by atoms with E-state index < -0.39 is 0 Å². The summed E-state index contributed by atoms with van der Waals surface area (Å²) in [6.07, 6.45) is 1.82. The summed E-state index contributed by atoms with van der Waals surface area (Å²) in [5.74, 6) is 0.629. The third-order valence-corrected chi connectivity index (χ3v) is 12.3. The number of benzene rings is 8. The first kappa shape index (κ1) is 36.0. The number of aromatic nitrogens is 4.